The molecule has 0 spiro atoms. The van der Waals surface area contributed by atoms with Gasteiger partial charge in [0.15, 0.2) is 5.72 Å². The minimum absolute atomic E-state index is 0.275. The summed E-state index contributed by atoms with van der Waals surface area (Å²) < 4.78 is 0.797. The maximum atomic E-state index is 12.8. The molecule has 1 aliphatic heterocycles. The summed E-state index contributed by atoms with van der Waals surface area (Å²) in [4.78, 5) is 16.7. The van der Waals surface area contributed by atoms with Gasteiger partial charge in [-0.2, -0.15) is 10.1 Å². The van der Waals surface area contributed by atoms with Crippen LogP contribution in [-0.2, 0) is 5.72 Å². The molecule has 2 heterocycles. The van der Waals surface area contributed by atoms with Gasteiger partial charge in [0.25, 0.3) is 5.91 Å². The van der Waals surface area contributed by atoms with Crippen molar-refractivity contribution in [1.29, 1.82) is 0 Å². The molecule has 1 aliphatic rings. The molecule has 22 heavy (non-hydrogen) atoms. The number of pyridine rings is 1. The standard InChI is InChI=1S/C16H14BrN3O2/c1-11-10-16(22,13-5-7-18-8-6-13)20(19-11)15(21)12-3-2-4-14(17)9-12/h2-9,22H,10H2,1H3. The Labute approximate surface area is 136 Å². The van der Waals surface area contributed by atoms with Crippen LogP contribution in [-0.4, -0.2) is 26.7 Å². The van der Waals surface area contributed by atoms with Gasteiger partial charge in [0.2, 0.25) is 0 Å². The molecule has 5 nitrogen and oxygen atoms in total. The third-order valence-electron chi connectivity index (χ3n) is 3.53. The van der Waals surface area contributed by atoms with Gasteiger partial charge in [0.05, 0.1) is 0 Å². The highest BCUT2D eigenvalue weighted by Crippen LogP contribution is 2.36. The van der Waals surface area contributed by atoms with Crippen molar-refractivity contribution in [3.63, 3.8) is 0 Å². The van der Waals surface area contributed by atoms with E-state index in [1.54, 1.807) is 49.6 Å². The summed E-state index contributed by atoms with van der Waals surface area (Å²) in [5.41, 5.74) is 0.265. The van der Waals surface area contributed by atoms with E-state index in [-0.39, 0.29) is 12.3 Å². The van der Waals surface area contributed by atoms with Crippen molar-refractivity contribution >= 4 is 27.5 Å². The van der Waals surface area contributed by atoms with Crippen LogP contribution >= 0.6 is 15.9 Å². The Morgan fingerprint density at radius 1 is 1.32 bits per heavy atom. The quantitative estimate of drug-likeness (QED) is 0.896. The Bertz CT molecular complexity index is 748. The van der Waals surface area contributed by atoms with Gasteiger partial charge in [-0.25, -0.2) is 0 Å². The van der Waals surface area contributed by atoms with E-state index in [0.29, 0.717) is 16.8 Å². The summed E-state index contributed by atoms with van der Waals surface area (Å²) in [5, 5.41) is 16.4. The number of hydrazone groups is 1. The fourth-order valence-electron chi connectivity index (χ4n) is 2.52. The molecule has 0 saturated carbocycles. The molecule has 1 N–H and O–H groups in total. The van der Waals surface area contributed by atoms with Crippen LogP contribution in [0.15, 0.2) is 58.4 Å². The van der Waals surface area contributed by atoms with Crippen molar-refractivity contribution in [3.05, 3.63) is 64.4 Å². The highest BCUT2D eigenvalue weighted by molar-refractivity contribution is 9.10. The molecule has 0 radical (unpaired) electrons. The lowest BCUT2D eigenvalue weighted by atomic mass is 9.98. The number of aliphatic hydroxyl groups is 1. The van der Waals surface area contributed by atoms with Crippen molar-refractivity contribution in [2.24, 2.45) is 5.10 Å². The van der Waals surface area contributed by atoms with Crippen LogP contribution in [0.3, 0.4) is 0 Å². The lowest BCUT2D eigenvalue weighted by molar-refractivity contribution is -0.0765. The monoisotopic (exact) mass is 359 g/mol. The minimum Gasteiger partial charge on any atom is -0.365 e. The van der Waals surface area contributed by atoms with Gasteiger partial charge in [-0.3, -0.25) is 9.78 Å². The molecule has 112 valence electrons. The Kier molecular flexibility index (Phi) is 3.80. The first-order valence-corrected chi connectivity index (χ1v) is 7.57. The van der Waals surface area contributed by atoms with Crippen LogP contribution in [0, 0.1) is 0 Å². The SMILES string of the molecule is CC1=NN(C(=O)c2cccc(Br)c2)C(O)(c2ccncc2)C1. The number of aromatic nitrogens is 1. The van der Waals surface area contributed by atoms with Crippen LogP contribution in [0.2, 0.25) is 0 Å². The average Bonchev–Trinajstić information content (AvgIpc) is 2.83. The molecule has 6 heteroatoms. The molecule has 0 fully saturated rings. The van der Waals surface area contributed by atoms with Crippen LogP contribution in [0.25, 0.3) is 0 Å². The van der Waals surface area contributed by atoms with E-state index in [0.717, 1.165) is 9.48 Å². The summed E-state index contributed by atoms with van der Waals surface area (Å²) in [7, 11) is 0. The highest BCUT2D eigenvalue weighted by Gasteiger charge is 2.45. The van der Waals surface area contributed by atoms with E-state index in [1.165, 1.54) is 0 Å². The van der Waals surface area contributed by atoms with Gasteiger partial charge in [-0.1, -0.05) is 22.0 Å². The molecule has 0 aliphatic carbocycles. The number of amides is 1. The maximum Gasteiger partial charge on any atom is 0.276 e. The molecule has 1 unspecified atom stereocenters. The summed E-state index contributed by atoms with van der Waals surface area (Å²) in [6.07, 6.45) is 3.45. The van der Waals surface area contributed by atoms with Crippen molar-refractivity contribution in [1.82, 2.24) is 9.99 Å². The number of hydrogen-bond acceptors (Lipinski definition) is 4. The Hall–Kier alpha value is -2.05. The number of carbonyl (C=O) groups is 1. The van der Waals surface area contributed by atoms with Crippen molar-refractivity contribution < 1.29 is 9.90 Å². The maximum absolute atomic E-state index is 12.8. The van der Waals surface area contributed by atoms with Crippen molar-refractivity contribution in [2.45, 2.75) is 19.1 Å². The summed E-state index contributed by atoms with van der Waals surface area (Å²) >= 11 is 3.35. The zero-order chi connectivity index (χ0) is 15.7. The zero-order valence-corrected chi connectivity index (χ0v) is 13.5. The Balaban J connectivity index is 2.02. The van der Waals surface area contributed by atoms with E-state index in [1.807, 2.05) is 6.07 Å². The van der Waals surface area contributed by atoms with Gasteiger partial charge in [0, 0.05) is 40.1 Å². The van der Waals surface area contributed by atoms with Gasteiger partial charge < -0.3 is 5.11 Å². The fourth-order valence-corrected chi connectivity index (χ4v) is 2.92. The van der Waals surface area contributed by atoms with E-state index in [4.69, 9.17) is 0 Å². The molecule has 1 atom stereocenters. The molecular formula is C16H14BrN3O2. The van der Waals surface area contributed by atoms with Crippen LogP contribution in [0.1, 0.15) is 29.3 Å². The molecule has 1 amide bonds. The molecule has 3 rings (SSSR count). The van der Waals surface area contributed by atoms with E-state index < -0.39 is 5.72 Å². The first kappa shape index (κ1) is 14.9. The smallest absolute Gasteiger partial charge is 0.276 e. The van der Waals surface area contributed by atoms with Gasteiger partial charge in [-0.15, -0.1) is 0 Å². The predicted molar refractivity (Wildman–Crippen MR) is 86.2 cm³/mol. The van der Waals surface area contributed by atoms with E-state index in [2.05, 4.69) is 26.0 Å². The number of hydrogen-bond donors (Lipinski definition) is 1. The molecular weight excluding hydrogens is 346 g/mol. The number of carbonyl (C=O) groups excluding carboxylic acids is 1. The molecule has 2 aromatic rings. The zero-order valence-electron chi connectivity index (χ0n) is 11.9. The van der Waals surface area contributed by atoms with Gasteiger partial charge >= 0.3 is 0 Å². The highest BCUT2D eigenvalue weighted by atomic mass is 79.9. The van der Waals surface area contributed by atoms with Gasteiger partial charge in [-0.05, 0) is 37.3 Å². The Morgan fingerprint density at radius 2 is 2.05 bits per heavy atom. The largest absolute Gasteiger partial charge is 0.365 e. The Morgan fingerprint density at radius 3 is 2.73 bits per heavy atom. The van der Waals surface area contributed by atoms with E-state index >= 15 is 0 Å². The first-order valence-electron chi connectivity index (χ1n) is 6.78. The number of nitrogens with zero attached hydrogens (tertiary/aromatic N) is 3. The second kappa shape index (κ2) is 5.62. The third kappa shape index (κ3) is 2.55. The van der Waals surface area contributed by atoms with E-state index in [9.17, 15) is 9.90 Å². The average molecular weight is 360 g/mol. The molecule has 0 bridgehead atoms. The van der Waals surface area contributed by atoms with Crippen molar-refractivity contribution in [2.75, 3.05) is 0 Å². The van der Waals surface area contributed by atoms with Crippen molar-refractivity contribution in [3.8, 4) is 0 Å². The predicted octanol–water partition coefficient (Wildman–Crippen LogP) is 2.91. The second-order valence-corrected chi connectivity index (χ2v) is 6.11. The fraction of sp³-hybridized carbons (Fsp3) is 0.188. The topological polar surface area (TPSA) is 65.8 Å². The normalized spacial score (nSPS) is 20.9. The molecule has 1 aromatic carbocycles. The first-order chi connectivity index (χ1) is 10.5. The van der Waals surface area contributed by atoms with Crippen LogP contribution < -0.4 is 0 Å². The summed E-state index contributed by atoms with van der Waals surface area (Å²) in [6.45, 7) is 1.79. The van der Waals surface area contributed by atoms with Crippen LogP contribution in [0.4, 0.5) is 0 Å². The number of benzene rings is 1. The molecule has 0 saturated heterocycles. The van der Waals surface area contributed by atoms with Crippen LogP contribution in [0.5, 0.6) is 0 Å². The third-order valence-corrected chi connectivity index (χ3v) is 4.02. The summed E-state index contributed by atoms with van der Waals surface area (Å²) in [5.74, 6) is -0.350. The lowest BCUT2D eigenvalue weighted by Crippen LogP contribution is -2.43. The lowest BCUT2D eigenvalue weighted by Gasteiger charge is -2.31. The van der Waals surface area contributed by atoms with Gasteiger partial charge in [0.1, 0.15) is 0 Å². The second-order valence-electron chi connectivity index (χ2n) is 5.19. The number of rotatable bonds is 2. The molecule has 1 aromatic heterocycles. The minimum atomic E-state index is -1.48. The summed E-state index contributed by atoms with van der Waals surface area (Å²) in [6, 6.07) is 10.4. The number of halogens is 1.